The lowest BCUT2D eigenvalue weighted by atomic mass is 9.99. The zero-order chi connectivity index (χ0) is 12.4. The Bertz CT molecular complexity index is 449. The van der Waals surface area contributed by atoms with Crippen LogP contribution in [0.25, 0.3) is 0 Å². The summed E-state index contributed by atoms with van der Waals surface area (Å²) in [4.78, 5) is 10.8. The smallest absolute Gasteiger partial charge is 0.320 e. The maximum atomic E-state index is 10.8. The molecule has 0 spiro atoms. The first kappa shape index (κ1) is 12.2. The van der Waals surface area contributed by atoms with Gasteiger partial charge in [0, 0.05) is 17.0 Å². The van der Waals surface area contributed by atoms with Gasteiger partial charge in [-0.15, -0.1) is 0 Å². The van der Waals surface area contributed by atoms with E-state index in [1.54, 1.807) is 12.1 Å². The second-order valence-electron chi connectivity index (χ2n) is 3.76. The molecule has 0 bridgehead atoms. The Kier molecular flexibility index (Phi) is 3.51. The molecule has 0 aliphatic carbocycles. The van der Waals surface area contributed by atoms with Crippen molar-refractivity contribution in [2.24, 2.45) is 5.73 Å². The second kappa shape index (κ2) is 4.91. The summed E-state index contributed by atoms with van der Waals surface area (Å²) in [6, 6.07) is 2.44. The van der Waals surface area contributed by atoms with Crippen LogP contribution in [-0.2, 0) is 22.6 Å². The zero-order valence-electron chi connectivity index (χ0n) is 8.98. The van der Waals surface area contributed by atoms with Crippen LogP contribution in [0.5, 0.6) is 5.75 Å². The van der Waals surface area contributed by atoms with Crippen LogP contribution in [0.4, 0.5) is 0 Å². The third-order valence-corrected chi connectivity index (χ3v) is 2.97. The van der Waals surface area contributed by atoms with E-state index < -0.39 is 12.0 Å². The van der Waals surface area contributed by atoms with Gasteiger partial charge in [0.15, 0.2) is 6.79 Å². The number of fused-ring (bicyclic) bond motifs is 1. The largest absolute Gasteiger partial charge is 0.480 e. The summed E-state index contributed by atoms with van der Waals surface area (Å²) < 4.78 is 10.5. The number of carbonyl (C=O) groups is 1. The highest BCUT2D eigenvalue weighted by Gasteiger charge is 2.21. The SMILES string of the molecule is NC(Cc1c(Cl)ccc2c1COCO2)C(=O)O. The minimum absolute atomic E-state index is 0.157. The minimum Gasteiger partial charge on any atom is -0.480 e. The fraction of sp³-hybridized carbons (Fsp3) is 0.364. The lowest BCUT2D eigenvalue weighted by molar-refractivity contribution is -0.138. The van der Waals surface area contributed by atoms with Crippen LogP contribution in [0.1, 0.15) is 11.1 Å². The monoisotopic (exact) mass is 257 g/mol. The number of hydrogen-bond donors (Lipinski definition) is 2. The average molecular weight is 258 g/mol. The number of benzene rings is 1. The summed E-state index contributed by atoms with van der Waals surface area (Å²) in [5.41, 5.74) is 6.97. The van der Waals surface area contributed by atoms with Gasteiger partial charge in [0.2, 0.25) is 0 Å². The Morgan fingerprint density at radius 1 is 1.59 bits per heavy atom. The van der Waals surface area contributed by atoms with E-state index in [0.717, 1.165) is 5.56 Å². The molecule has 0 saturated carbocycles. The number of aliphatic carboxylic acids is 1. The number of carboxylic acids is 1. The molecule has 0 fully saturated rings. The molecule has 1 unspecified atom stereocenters. The fourth-order valence-electron chi connectivity index (χ4n) is 1.71. The van der Waals surface area contributed by atoms with Gasteiger partial charge in [0.05, 0.1) is 6.61 Å². The van der Waals surface area contributed by atoms with E-state index in [1.807, 2.05) is 0 Å². The molecule has 2 rings (SSSR count). The van der Waals surface area contributed by atoms with E-state index in [0.29, 0.717) is 22.9 Å². The molecule has 0 amide bonds. The van der Waals surface area contributed by atoms with E-state index in [2.05, 4.69) is 0 Å². The van der Waals surface area contributed by atoms with Crippen molar-refractivity contribution in [2.75, 3.05) is 6.79 Å². The summed E-state index contributed by atoms with van der Waals surface area (Å²) >= 11 is 6.05. The number of rotatable bonds is 3. The molecule has 6 heteroatoms. The zero-order valence-corrected chi connectivity index (χ0v) is 9.74. The molecule has 1 aromatic carbocycles. The predicted molar refractivity (Wildman–Crippen MR) is 61.1 cm³/mol. The second-order valence-corrected chi connectivity index (χ2v) is 4.17. The van der Waals surface area contributed by atoms with E-state index in [-0.39, 0.29) is 13.2 Å². The number of carboxylic acid groups (broad SMARTS) is 1. The molecule has 1 atom stereocenters. The normalized spacial score (nSPS) is 15.9. The van der Waals surface area contributed by atoms with Crippen LogP contribution in [0.15, 0.2) is 12.1 Å². The van der Waals surface area contributed by atoms with E-state index in [9.17, 15) is 4.79 Å². The van der Waals surface area contributed by atoms with Gasteiger partial charge in [-0.2, -0.15) is 0 Å². The lowest BCUT2D eigenvalue weighted by Crippen LogP contribution is -2.33. The van der Waals surface area contributed by atoms with Gasteiger partial charge in [0.25, 0.3) is 0 Å². The van der Waals surface area contributed by atoms with Crippen molar-refractivity contribution in [1.82, 2.24) is 0 Å². The van der Waals surface area contributed by atoms with Gasteiger partial charge >= 0.3 is 5.97 Å². The highest BCUT2D eigenvalue weighted by atomic mass is 35.5. The molecule has 1 aliphatic heterocycles. The van der Waals surface area contributed by atoms with Gasteiger partial charge in [-0.05, 0) is 17.7 Å². The summed E-state index contributed by atoms with van der Waals surface area (Å²) in [5.74, 6) is -0.385. The van der Waals surface area contributed by atoms with Crippen molar-refractivity contribution >= 4 is 17.6 Å². The van der Waals surface area contributed by atoms with Crippen molar-refractivity contribution in [3.8, 4) is 5.75 Å². The van der Waals surface area contributed by atoms with Crippen molar-refractivity contribution in [3.63, 3.8) is 0 Å². The maximum Gasteiger partial charge on any atom is 0.320 e. The Labute approximate surface area is 103 Å². The van der Waals surface area contributed by atoms with Crippen molar-refractivity contribution in [3.05, 3.63) is 28.3 Å². The first-order valence-corrected chi connectivity index (χ1v) is 5.46. The molecular weight excluding hydrogens is 246 g/mol. The highest BCUT2D eigenvalue weighted by molar-refractivity contribution is 6.31. The predicted octanol–water partition coefficient (Wildman–Crippen LogP) is 1.16. The number of ether oxygens (including phenoxy) is 2. The van der Waals surface area contributed by atoms with Crippen LogP contribution in [0, 0.1) is 0 Å². The Morgan fingerprint density at radius 3 is 3.06 bits per heavy atom. The number of halogens is 1. The molecule has 17 heavy (non-hydrogen) atoms. The molecule has 0 radical (unpaired) electrons. The van der Waals surface area contributed by atoms with Gasteiger partial charge in [0.1, 0.15) is 11.8 Å². The summed E-state index contributed by atoms with van der Waals surface area (Å²) in [5, 5.41) is 9.29. The summed E-state index contributed by atoms with van der Waals surface area (Å²) in [6.07, 6.45) is 0.157. The molecule has 3 N–H and O–H groups in total. The Morgan fingerprint density at radius 2 is 2.35 bits per heavy atom. The van der Waals surface area contributed by atoms with Gasteiger partial charge < -0.3 is 20.3 Å². The highest BCUT2D eigenvalue weighted by Crippen LogP contribution is 2.32. The molecule has 1 heterocycles. The third kappa shape index (κ3) is 2.52. The summed E-state index contributed by atoms with van der Waals surface area (Å²) in [7, 11) is 0. The maximum absolute atomic E-state index is 10.8. The molecular formula is C11H12ClNO4. The van der Waals surface area contributed by atoms with Crippen LogP contribution in [0.2, 0.25) is 5.02 Å². The topological polar surface area (TPSA) is 81.8 Å². The molecule has 1 aromatic rings. The van der Waals surface area contributed by atoms with Crippen LogP contribution in [0.3, 0.4) is 0 Å². The third-order valence-electron chi connectivity index (χ3n) is 2.62. The number of hydrogen-bond acceptors (Lipinski definition) is 4. The van der Waals surface area contributed by atoms with E-state index in [1.165, 1.54) is 0 Å². The Hall–Kier alpha value is -1.30. The van der Waals surface area contributed by atoms with Crippen LogP contribution >= 0.6 is 11.6 Å². The molecule has 92 valence electrons. The van der Waals surface area contributed by atoms with Crippen LogP contribution in [-0.4, -0.2) is 23.9 Å². The van der Waals surface area contributed by atoms with Crippen molar-refractivity contribution in [2.45, 2.75) is 19.1 Å². The van der Waals surface area contributed by atoms with Gasteiger partial charge in [-0.3, -0.25) is 4.79 Å². The fourth-order valence-corrected chi connectivity index (χ4v) is 1.97. The first-order chi connectivity index (χ1) is 8.09. The van der Waals surface area contributed by atoms with E-state index >= 15 is 0 Å². The summed E-state index contributed by atoms with van der Waals surface area (Å²) in [6.45, 7) is 0.552. The molecule has 1 aliphatic rings. The minimum atomic E-state index is -1.06. The van der Waals surface area contributed by atoms with Crippen LogP contribution < -0.4 is 10.5 Å². The number of nitrogens with two attached hydrogens (primary N) is 1. The first-order valence-electron chi connectivity index (χ1n) is 5.08. The van der Waals surface area contributed by atoms with Crippen molar-refractivity contribution in [1.29, 1.82) is 0 Å². The van der Waals surface area contributed by atoms with Gasteiger partial charge in [-0.1, -0.05) is 11.6 Å². The molecule has 5 nitrogen and oxygen atoms in total. The van der Waals surface area contributed by atoms with Crippen molar-refractivity contribution < 1.29 is 19.4 Å². The molecule has 0 aromatic heterocycles. The van der Waals surface area contributed by atoms with Gasteiger partial charge in [-0.25, -0.2) is 0 Å². The Balaban J connectivity index is 2.34. The lowest BCUT2D eigenvalue weighted by Gasteiger charge is -2.22. The standard InChI is InChI=1S/C11H12ClNO4/c12-8-1-2-10-7(4-16-5-17-10)6(8)3-9(13)11(14)15/h1-2,9H,3-5,13H2,(H,14,15). The molecule has 0 saturated heterocycles. The quantitative estimate of drug-likeness (QED) is 0.849. The van der Waals surface area contributed by atoms with E-state index in [4.69, 9.17) is 31.9 Å². The average Bonchev–Trinajstić information content (AvgIpc) is 2.32.